The summed E-state index contributed by atoms with van der Waals surface area (Å²) < 4.78 is 6.70. The third-order valence-electron chi connectivity index (χ3n) is 3.56. The van der Waals surface area contributed by atoms with E-state index in [0.29, 0.717) is 11.8 Å². The molecule has 0 aromatic heterocycles. The predicted octanol–water partition coefficient (Wildman–Crippen LogP) is 2.85. The fraction of sp³-hybridized carbons (Fsp3) is 0.533. The summed E-state index contributed by atoms with van der Waals surface area (Å²) in [5.74, 6) is 0.785. The summed E-state index contributed by atoms with van der Waals surface area (Å²) in [4.78, 5) is 14.4. The van der Waals surface area contributed by atoms with Crippen molar-refractivity contribution < 1.29 is 9.53 Å². The Morgan fingerprint density at radius 2 is 2.33 bits per heavy atom. The van der Waals surface area contributed by atoms with Gasteiger partial charge in [0.25, 0.3) is 5.91 Å². The van der Waals surface area contributed by atoms with Gasteiger partial charge >= 0.3 is 0 Å². The van der Waals surface area contributed by atoms with Crippen LogP contribution in [0.4, 0.5) is 0 Å². The van der Waals surface area contributed by atoms with E-state index in [1.54, 1.807) is 0 Å². The number of likely N-dealkylation sites (N-methyl/N-ethyl adjacent to an activating group) is 1. The van der Waals surface area contributed by atoms with Gasteiger partial charge in [0.05, 0.1) is 0 Å². The molecular formula is C15H22BrClN2O2. The van der Waals surface area contributed by atoms with Gasteiger partial charge in [-0.25, -0.2) is 0 Å². The SMILES string of the molecule is CNCC1CCCN1C(=O)C(C)Oc1cccc(Br)c1.Cl. The van der Waals surface area contributed by atoms with Gasteiger partial charge in [0.15, 0.2) is 6.10 Å². The van der Waals surface area contributed by atoms with Gasteiger partial charge in [-0.2, -0.15) is 0 Å². The molecule has 1 heterocycles. The minimum atomic E-state index is -0.457. The number of likely N-dealkylation sites (tertiary alicyclic amines) is 1. The Morgan fingerprint density at radius 1 is 1.57 bits per heavy atom. The van der Waals surface area contributed by atoms with Crippen LogP contribution in [0.15, 0.2) is 28.7 Å². The number of ether oxygens (including phenoxy) is 1. The molecule has 1 aliphatic rings. The van der Waals surface area contributed by atoms with Gasteiger partial charge < -0.3 is 15.0 Å². The summed E-state index contributed by atoms with van der Waals surface area (Å²) in [5.41, 5.74) is 0. The molecule has 1 aromatic carbocycles. The van der Waals surface area contributed by atoms with Crippen LogP contribution in [0.25, 0.3) is 0 Å². The van der Waals surface area contributed by atoms with E-state index in [9.17, 15) is 4.79 Å². The number of halogens is 2. The Bertz CT molecular complexity index is 473. The summed E-state index contributed by atoms with van der Waals surface area (Å²) in [6.07, 6.45) is 1.68. The molecular weight excluding hydrogens is 356 g/mol. The van der Waals surface area contributed by atoms with Crippen LogP contribution in [-0.2, 0) is 4.79 Å². The molecule has 1 fully saturated rings. The molecule has 4 nitrogen and oxygen atoms in total. The lowest BCUT2D eigenvalue weighted by Gasteiger charge is -2.27. The second kappa shape index (κ2) is 8.61. The van der Waals surface area contributed by atoms with Crippen molar-refractivity contribution in [1.82, 2.24) is 10.2 Å². The second-order valence-electron chi connectivity index (χ2n) is 5.10. The Labute approximate surface area is 140 Å². The van der Waals surface area contributed by atoms with E-state index >= 15 is 0 Å². The first-order valence-electron chi connectivity index (χ1n) is 6.99. The van der Waals surface area contributed by atoms with Gasteiger partial charge in [-0.05, 0) is 45.0 Å². The minimum absolute atomic E-state index is 0. The van der Waals surface area contributed by atoms with Crippen molar-refractivity contribution in [3.63, 3.8) is 0 Å². The van der Waals surface area contributed by atoms with E-state index < -0.39 is 6.10 Å². The molecule has 2 rings (SSSR count). The Morgan fingerprint density at radius 3 is 3.00 bits per heavy atom. The lowest BCUT2D eigenvalue weighted by atomic mass is 10.2. The lowest BCUT2D eigenvalue weighted by Crippen LogP contribution is -2.46. The normalized spacial score (nSPS) is 19.0. The van der Waals surface area contributed by atoms with E-state index in [0.717, 1.165) is 30.4 Å². The second-order valence-corrected chi connectivity index (χ2v) is 6.02. The van der Waals surface area contributed by atoms with Crippen molar-refractivity contribution in [2.45, 2.75) is 31.9 Å². The van der Waals surface area contributed by atoms with Crippen molar-refractivity contribution in [3.8, 4) is 5.75 Å². The highest BCUT2D eigenvalue weighted by atomic mass is 79.9. The number of rotatable bonds is 5. The zero-order chi connectivity index (χ0) is 14.5. The predicted molar refractivity (Wildman–Crippen MR) is 90.1 cm³/mol. The van der Waals surface area contributed by atoms with Crippen LogP contribution in [-0.4, -0.2) is 43.1 Å². The highest BCUT2D eigenvalue weighted by Gasteiger charge is 2.31. The van der Waals surface area contributed by atoms with Crippen LogP contribution >= 0.6 is 28.3 Å². The maximum atomic E-state index is 12.5. The average molecular weight is 378 g/mol. The Balaban J connectivity index is 0.00000220. The molecule has 118 valence electrons. The van der Waals surface area contributed by atoms with Crippen molar-refractivity contribution in [2.75, 3.05) is 20.1 Å². The van der Waals surface area contributed by atoms with Gasteiger partial charge in [-0.15, -0.1) is 12.4 Å². The first kappa shape index (κ1) is 18.3. The van der Waals surface area contributed by atoms with E-state index in [1.165, 1.54) is 0 Å². The zero-order valence-electron chi connectivity index (χ0n) is 12.3. The number of nitrogens with one attached hydrogen (secondary N) is 1. The largest absolute Gasteiger partial charge is 0.481 e. The van der Waals surface area contributed by atoms with Crippen LogP contribution in [0, 0.1) is 0 Å². The summed E-state index contributed by atoms with van der Waals surface area (Å²) >= 11 is 3.40. The molecule has 0 bridgehead atoms. The van der Waals surface area contributed by atoms with Crippen molar-refractivity contribution in [3.05, 3.63) is 28.7 Å². The van der Waals surface area contributed by atoms with Crippen molar-refractivity contribution in [2.24, 2.45) is 0 Å². The molecule has 0 spiro atoms. The number of hydrogen-bond donors (Lipinski definition) is 1. The fourth-order valence-electron chi connectivity index (χ4n) is 2.60. The maximum absolute atomic E-state index is 12.5. The highest BCUT2D eigenvalue weighted by Crippen LogP contribution is 2.22. The molecule has 0 radical (unpaired) electrons. The smallest absolute Gasteiger partial charge is 0.263 e. The van der Waals surface area contributed by atoms with E-state index in [1.807, 2.05) is 43.1 Å². The topological polar surface area (TPSA) is 41.6 Å². The number of benzene rings is 1. The average Bonchev–Trinajstić information content (AvgIpc) is 2.86. The molecule has 1 aromatic rings. The number of hydrogen-bond acceptors (Lipinski definition) is 3. The van der Waals surface area contributed by atoms with Crippen LogP contribution in [0.3, 0.4) is 0 Å². The van der Waals surface area contributed by atoms with Crippen LogP contribution in [0.1, 0.15) is 19.8 Å². The number of carbonyl (C=O) groups is 1. The third kappa shape index (κ3) is 4.87. The van der Waals surface area contributed by atoms with Crippen LogP contribution in [0.5, 0.6) is 5.75 Å². The summed E-state index contributed by atoms with van der Waals surface area (Å²) in [5, 5.41) is 3.15. The maximum Gasteiger partial charge on any atom is 0.263 e. The lowest BCUT2D eigenvalue weighted by molar-refractivity contribution is -0.138. The van der Waals surface area contributed by atoms with E-state index in [4.69, 9.17) is 4.74 Å². The fourth-order valence-corrected chi connectivity index (χ4v) is 2.98. The quantitative estimate of drug-likeness (QED) is 0.858. The van der Waals surface area contributed by atoms with Crippen LogP contribution in [0.2, 0.25) is 0 Å². The molecule has 21 heavy (non-hydrogen) atoms. The standard InChI is InChI=1S/C15H21BrN2O2.ClH/c1-11(20-14-7-3-5-12(16)9-14)15(19)18-8-4-6-13(18)10-17-2;/h3,5,7,9,11,13,17H,4,6,8,10H2,1-2H3;1H. The number of carbonyl (C=O) groups excluding carboxylic acids is 1. The van der Waals surface area contributed by atoms with Crippen LogP contribution < -0.4 is 10.1 Å². The molecule has 1 aliphatic heterocycles. The molecule has 2 atom stereocenters. The van der Waals surface area contributed by atoms with E-state index in [-0.39, 0.29) is 18.3 Å². The first-order valence-corrected chi connectivity index (χ1v) is 7.78. The monoisotopic (exact) mass is 376 g/mol. The molecule has 1 amide bonds. The van der Waals surface area contributed by atoms with Gasteiger partial charge in [0.1, 0.15) is 5.75 Å². The Kier molecular flexibility index (Phi) is 7.49. The molecule has 1 N–H and O–H groups in total. The summed E-state index contributed by atoms with van der Waals surface area (Å²) in [7, 11) is 1.92. The van der Waals surface area contributed by atoms with Gasteiger partial charge in [-0.1, -0.05) is 22.0 Å². The first-order chi connectivity index (χ1) is 9.61. The van der Waals surface area contributed by atoms with E-state index in [2.05, 4.69) is 21.2 Å². The number of nitrogens with zero attached hydrogens (tertiary/aromatic N) is 1. The Hall–Kier alpha value is -0.780. The zero-order valence-corrected chi connectivity index (χ0v) is 14.7. The van der Waals surface area contributed by atoms with Crippen molar-refractivity contribution >= 4 is 34.2 Å². The molecule has 1 saturated heterocycles. The number of amides is 1. The molecule has 2 unspecified atom stereocenters. The van der Waals surface area contributed by atoms with Crippen molar-refractivity contribution in [1.29, 1.82) is 0 Å². The molecule has 0 aliphatic carbocycles. The third-order valence-corrected chi connectivity index (χ3v) is 4.05. The minimum Gasteiger partial charge on any atom is -0.481 e. The molecule has 0 saturated carbocycles. The summed E-state index contributed by atoms with van der Waals surface area (Å²) in [6.45, 7) is 3.49. The van der Waals surface area contributed by atoms with Gasteiger partial charge in [-0.3, -0.25) is 4.79 Å². The van der Waals surface area contributed by atoms with Gasteiger partial charge in [0.2, 0.25) is 0 Å². The highest BCUT2D eigenvalue weighted by molar-refractivity contribution is 9.10. The van der Waals surface area contributed by atoms with Gasteiger partial charge in [0, 0.05) is 23.6 Å². The molecule has 6 heteroatoms. The summed E-state index contributed by atoms with van der Waals surface area (Å²) in [6, 6.07) is 7.86.